The maximum Gasteiger partial charge on any atom is 0.319 e. The van der Waals surface area contributed by atoms with Gasteiger partial charge in [0.25, 0.3) is 0 Å². The van der Waals surface area contributed by atoms with Gasteiger partial charge in [-0.3, -0.25) is 0 Å². The van der Waals surface area contributed by atoms with Crippen LogP contribution in [0.4, 0.5) is 10.5 Å². The van der Waals surface area contributed by atoms with Gasteiger partial charge in [0.2, 0.25) is 0 Å². The summed E-state index contributed by atoms with van der Waals surface area (Å²) in [4.78, 5) is 12.2. The molecule has 0 aliphatic rings. The van der Waals surface area contributed by atoms with Gasteiger partial charge in [-0.05, 0) is 58.8 Å². The number of aryl methyl sites for hydroxylation is 1. The molecule has 140 valence electrons. The molecule has 0 saturated carbocycles. The summed E-state index contributed by atoms with van der Waals surface area (Å²) in [6.45, 7) is 2.28. The summed E-state index contributed by atoms with van der Waals surface area (Å²) < 4.78 is 12.0. The molecule has 3 aromatic rings. The predicted molar refractivity (Wildman–Crippen MR) is 99.3 cm³/mol. The van der Waals surface area contributed by atoms with E-state index >= 15 is 0 Å². The molecule has 0 unspecified atom stereocenters. The molecule has 0 radical (unpaired) electrons. The fraction of sp³-hybridized carbons (Fsp3) is 0.222. The molecule has 0 saturated heterocycles. The first-order valence-corrected chi connectivity index (χ1v) is 8.20. The average molecular weight is 368 g/mol. The second-order valence-electron chi connectivity index (χ2n) is 5.75. The molecule has 0 aliphatic heterocycles. The number of anilines is 1. The van der Waals surface area contributed by atoms with Crippen LogP contribution in [-0.4, -0.2) is 40.5 Å². The number of hydrogen-bond donors (Lipinski definition) is 2. The highest BCUT2D eigenvalue weighted by Gasteiger charge is 2.08. The number of urea groups is 1. The van der Waals surface area contributed by atoms with E-state index in [4.69, 9.17) is 9.47 Å². The van der Waals surface area contributed by atoms with E-state index < -0.39 is 0 Å². The molecule has 9 heteroatoms. The smallest absolute Gasteiger partial charge is 0.319 e. The summed E-state index contributed by atoms with van der Waals surface area (Å²) in [5.74, 6) is 1.26. The number of nitrogens with zero attached hydrogens (tertiary/aromatic N) is 4. The Hall–Kier alpha value is -3.62. The number of tetrazole rings is 1. The molecule has 1 heterocycles. The molecule has 0 atom stereocenters. The number of carbonyl (C=O) groups excluding carboxylic acids is 1. The quantitative estimate of drug-likeness (QED) is 0.692. The fourth-order valence-corrected chi connectivity index (χ4v) is 2.61. The summed E-state index contributed by atoms with van der Waals surface area (Å²) in [7, 11) is 3.15. The lowest BCUT2D eigenvalue weighted by molar-refractivity contribution is 0.251. The second-order valence-corrected chi connectivity index (χ2v) is 5.75. The number of methoxy groups -OCH3 is 2. The number of ether oxygens (including phenoxy) is 2. The number of hydrogen-bond acceptors (Lipinski definition) is 6. The van der Waals surface area contributed by atoms with Crippen LogP contribution in [-0.2, 0) is 6.54 Å². The summed E-state index contributed by atoms with van der Waals surface area (Å²) in [6, 6.07) is 10.7. The monoisotopic (exact) mass is 368 g/mol. The molecule has 3 rings (SSSR count). The summed E-state index contributed by atoms with van der Waals surface area (Å²) >= 11 is 0. The van der Waals surface area contributed by atoms with Crippen molar-refractivity contribution in [2.75, 3.05) is 19.5 Å². The minimum absolute atomic E-state index is 0.306. The van der Waals surface area contributed by atoms with E-state index in [-0.39, 0.29) is 6.03 Å². The maximum atomic E-state index is 12.2. The predicted octanol–water partition coefficient (Wildman–Crippen LogP) is 2.31. The number of amides is 2. The van der Waals surface area contributed by atoms with E-state index in [0.717, 1.165) is 16.8 Å². The molecule has 0 aliphatic carbocycles. The average Bonchev–Trinajstić information content (AvgIpc) is 3.20. The van der Waals surface area contributed by atoms with Gasteiger partial charge in [-0.15, -0.1) is 5.10 Å². The van der Waals surface area contributed by atoms with Crippen LogP contribution in [0.25, 0.3) is 5.69 Å². The molecular weight excluding hydrogens is 348 g/mol. The van der Waals surface area contributed by atoms with Gasteiger partial charge in [-0.25, -0.2) is 9.48 Å². The van der Waals surface area contributed by atoms with Crippen molar-refractivity contribution in [1.29, 1.82) is 0 Å². The van der Waals surface area contributed by atoms with Crippen LogP contribution in [0.15, 0.2) is 42.7 Å². The van der Waals surface area contributed by atoms with Crippen molar-refractivity contribution in [2.45, 2.75) is 13.5 Å². The van der Waals surface area contributed by atoms with E-state index in [1.807, 2.05) is 31.2 Å². The van der Waals surface area contributed by atoms with Crippen molar-refractivity contribution < 1.29 is 14.3 Å². The summed E-state index contributed by atoms with van der Waals surface area (Å²) in [5.41, 5.74) is 3.35. The number of carbonyl (C=O) groups is 1. The maximum absolute atomic E-state index is 12.2. The van der Waals surface area contributed by atoms with Crippen molar-refractivity contribution in [3.63, 3.8) is 0 Å². The molecular formula is C18H20N6O3. The minimum Gasteiger partial charge on any atom is -0.493 e. The SMILES string of the molecule is COc1ccc(CNC(=O)Nc2ccc(-n3cnnn3)c(C)c2)cc1OC. The zero-order valence-corrected chi connectivity index (χ0v) is 15.3. The normalized spacial score (nSPS) is 10.3. The Morgan fingerprint density at radius 2 is 1.93 bits per heavy atom. The fourth-order valence-electron chi connectivity index (χ4n) is 2.61. The summed E-state index contributed by atoms with van der Waals surface area (Å²) in [5, 5.41) is 16.7. The van der Waals surface area contributed by atoms with Gasteiger partial charge >= 0.3 is 6.03 Å². The van der Waals surface area contributed by atoms with E-state index in [9.17, 15) is 4.79 Å². The number of aromatic nitrogens is 4. The van der Waals surface area contributed by atoms with Crippen molar-refractivity contribution in [3.05, 3.63) is 53.9 Å². The van der Waals surface area contributed by atoms with Gasteiger partial charge in [0.15, 0.2) is 11.5 Å². The Balaban J connectivity index is 1.60. The van der Waals surface area contributed by atoms with E-state index in [1.54, 1.807) is 31.0 Å². The van der Waals surface area contributed by atoms with Gasteiger partial charge in [0.1, 0.15) is 6.33 Å². The summed E-state index contributed by atoms with van der Waals surface area (Å²) in [6.07, 6.45) is 1.52. The lowest BCUT2D eigenvalue weighted by atomic mass is 10.2. The van der Waals surface area contributed by atoms with Crippen molar-refractivity contribution in [1.82, 2.24) is 25.5 Å². The van der Waals surface area contributed by atoms with E-state index in [1.165, 1.54) is 6.33 Å². The van der Waals surface area contributed by atoms with Crippen LogP contribution in [0.5, 0.6) is 11.5 Å². The molecule has 2 aromatic carbocycles. The third-order valence-electron chi connectivity index (χ3n) is 3.95. The van der Waals surface area contributed by atoms with Crippen molar-refractivity contribution >= 4 is 11.7 Å². The van der Waals surface area contributed by atoms with Crippen LogP contribution in [0.2, 0.25) is 0 Å². The second kappa shape index (κ2) is 8.17. The Kier molecular flexibility index (Phi) is 5.50. The molecule has 0 spiro atoms. The topological polar surface area (TPSA) is 103 Å². The lowest BCUT2D eigenvalue weighted by Gasteiger charge is -2.12. The lowest BCUT2D eigenvalue weighted by Crippen LogP contribution is -2.28. The minimum atomic E-state index is -0.306. The van der Waals surface area contributed by atoms with Crippen LogP contribution in [0.3, 0.4) is 0 Å². The highest BCUT2D eigenvalue weighted by molar-refractivity contribution is 5.89. The van der Waals surface area contributed by atoms with Crippen LogP contribution in [0.1, 0.15) is 11.1 Å². The third kappa shape index (κ3) is 4.32. The molecule has 1 aromatic heterocycles. The first-order chi connectivity index (χ1) is 13.1. The number of rotatable bonds is 6. The number of nitrogens with one attached hydrogen (secondary N) is 2. The molecule has 2 amide bonds. The van der Waals surface area contributed by atoms with Crippen LogP contribution in [0, 0.1) is 6.92 Å². The first kappa shape index (κ1) is 18.2. The van der Waals surface area contributed by atoms with E-state index in [2.05, 4.69) is 26.2 Å². The first-order valence-electron chi connectivity index (χ1n) is 8.20. The Morgan fingerprint density at radius 1 is 1.11 bits per heavy atom. The van der Waals surface area contributed by atoms with Crippen molar-refractivity contribution in [2.24, 2.45) is 0 Å². The molecule has 9 nitrogen and oxygen atoms in total. The Bertz CT molecular complexity index is 927. The van der Waals surface area contributed by atoms with Gasteiger partial charge in [0, 0.05) is 12.2 Å². The van der Waals surface area contributed by atoms with E-state index in [0.29, 0.717) is 23.7 Å². The van der Waals surface area contributed by atoms with Gasteiger partial charge in [-0.2, -0.15) is 0 Å². The third-order valence-corrected chi connectivity index (χ3v) is 3.95. The van der Waals surface area contributed by atoms with Crippen LogP contribution < -0.4 is 20.1 Å². The largest absolute Gasteiger partial charge is 0.493 e. The van der Waals surface area contributed by atoms with Gasteiger partial charge in [0.05, 0.1) is 19.9 Å². The molecule has 0 fully saturated rings. The molecule has 0 bridgehead atoms. The number of benzene rings is 2. The van der Waals surface area contributed by atoms with Gasteiger partial charge in [-0.1, -0.05) is 6.07 Å². The zero-order chi connectivity index (χ0) is 19.2. The van der Waals surface area contributed by atoms with Crippen LogP contribution >= 0.6 is 0 Å². The highest BCUT2D eigenvalue weighted by Crippen LogP contribution is 2.27. The zero-order valence-electron chi connectivity index (χ0n) is 15.3. The van der Waals surface area contributed by atoms with Crippen molar-refractivity contribution in [3.8, 4) is 17.2 Å². The van der Waals surface area contributed by atoms with Gasteiger partial charge < -0.3 is 20.1 Å². The Morgan fingerprint density at radius 3 is 2.59 bits per heavy atom. The highest BCUT2D eigenvalue weighted by atomic mass is 16.5. The molecule has 27 heavy (non-hydrogen) atoms. The standard InChI is InChI=1S/C18H20N6O3/c1-12-8-14(5-6-15(12)24-11-20-22-23-24)21-18(25)19-10-13-4-7-16(26-2)17(9-13)27-3/h4-9,11H,10H2,1-3H3,(H2,19,21,25). The Labute approximate surface area is 156 Å². The molecule has 2 N–H and O–H groups in total.